The van der Waals surface area contributed by atoms with Crippen molar-refractivity contribution in [3.05, 3.63) is 34.4 Å². The largest absolute Gasteiger partial charge is 0.356 e. The molecule has 1 unspecified atom stereocenters. The van der Waals surface area contributed by atoms with Crippen LogP contribution in [0, 0.1) is 26.7 Å². The summed E-state index contributed by atoms with van der Waals surface area (Å²) in [5.41, 5.74) is 10.7. The minimum Gasteiger partial charge on any atom is -0.356 e. The third kappa shape index (κ3) is 3.57. The Balaban J connectivity index is 2.92. The molecule has 18 heavy (non-hydrogen) atoms. The summed E-state index contributed by atoms with van der Waals surface area (Å²) in [6, 6.07) is 4.32. The van der Waals surface area contributed by atoms with Crippen molar-refractivity contribution in [1.29, 1.82) is 0 Å². The average Bonchev–Trinajstić information content (AvgIpc) is 2.28. The van der Waals surface area contributed by atoms with E-state index in [0.29, 0.717) is 13.1 Å². The summed E-state index contributed by atoms with van der Waals surface area (Å²) in [6.45, 7) is 9.25. The Morgan fingerprint density at radius 1 is 1.28 bits per heavy atom. The Labute approximate surface area is 110 Å². The van der Waals surface area contributed by atoms with Crippen LogP contribution in [-0.2, 0) is 11.2 Å². The highest BCUT2D eigenvalue weighted by Crippen LogP contribution is 2.20. The second-order valence-corrected chi connectivity index (χ2v) is 4.91. The number of hydrogen-bond donors (Lipinski definition) is 2. The zero-order valence-corrected chi connectivity index (χ0v) is 11.8. The maximum absolute atomic E-state index is 11.9. The molecule has 0 spiro atoms. The summed E-state index contributed by atoms with van der Waals surface area (Å²) in [5, 5.41) is 2.85. The number of hydrogen-bond acceptors (Lipinski definition) is 2. The molecular formula is C15H24N2O. The van der Waals surface area contributed by atoms with Gasteiger partial charge < -0.3 is 11.1 Å². The van der Waals surface area contributed by atoms with Gasteiger partial charge in [-0.1, -0.05) is 17.7 Å². The van der Waals surface area contributed by atoms with Crippen LogP contribution in [0.5, 0.6) is 0 Å². The predicted molar refractivity (Wildman–Crippen MR) is 75.6 cm³/mol. The Bertz CT molecular complexity index is 403. The SMILES string of the molecule is CCNC(=O)C(CN)Cc1c(C)cc(C)cc1C. The molecule has 0 radical (unpaired) electrons. The molecule has 3 nitrogen and oxygen atoms in total. The lowest BCUT2D eigenvalue weighted by Crippen LogP contribution is -2.36. The van der Waals surface area contributed by atoms with Gasteiger partial charge in [0.15, 0.2) is 0 Å². The maximum Gasteiger partial charge on any atom is 0.224 e. The number of nitrogens with one attached hydrogen (secondary N) is 1. The van der Waals surface area contributed by atoms with E-state index in [-0.39, 0.29) is 11.8 Å². The molecule has 3 heteroatoms. The Morgan fingerprint density at radius 2 is 1.83 bits per heavy atom. The number of aryl methyl sites for hydroxylation is 3. The van der Waals surface area contributed by atoms with Crippen LogP contribution in [0.15, 0.2) is 12.1 Å². The van der Waals surface area contributed by atoms with E-state index in [2.05, 4.69) is 38.2 Å². The van der Waals surface area contributed by atoms with Crippen LogP contribution in [0.1, 0.15) is 29.2 Å². The number of nitrogens with two attached hydrogens (primary N) is 1. The minimum atomic E-state index is -0.134. The molecule has 0 aliphatic carbocycles. The molecule has 3 N–H and O–H groups in total. The number of rotatable bonds is 5. The Kier molecular flexibility index (Phi) is 5.35. The lowest BCUT2D eigenvalue weighted by Gasteiger charge is -2.18. The number of carbonyl (C=O) groups is 1. The third-order valence-corrected chi connectivity index (χ3v) is 3.30. The molecule has 0 fully saturated rings. The fraction of sp³-hybridized carbons (Fsp3) is 0.533. The molecule has 1 aromatic carbocycles. The van der Waals surface area contributed by atoms with Crippen molar-refractivity contribution in [2.75, 3.05) is 13.1 Å². The number of amides is 1. The first-order valence-corrected chi connectivity index (χ1v) is 6.54. The molecular weight excluding hydrogens is 224 g/mol. The first-order valence-electron chi connectivity index (χ1n) is 6.54. The summed E-state index contributed by atoms with van der Waals surface area (Å²) in [7, 11) is 0. The molecule has 0 saturated heterocycles. The van der Waals surface area contributed by atoms with Crippen LogP contribution in [0.4, 0.5) is 0 Å². The summed E-state index contributed by atoms with van der Waals surface area (Å²) in [5.74, 6) is -0.0792. The van der Waals surface area contributed by atoms with Gasteiger partial charge in [0.05, 0.1) is 5.92 Å². The Hall–Kier alpha value is -1.35. The maximum atomic E-state index is 11.9. The molecule has 0 aliphatic heterocycles. The molecule has 1 rings (SSSR count). The quantitative estimate of drug-likeness (QED) is 0.835. The van der Waals surface area contributed by atoms with Gasteiger partial charge in [-0.2, -0.15) is 0 Å². The van der Waals surface area contributed by atoms with E-state index >= 15 is 0 Å². The van der Waals surface area contributed by atoms with Gasteiger partial charge in [0, 0.05) is 13.1 Å². The predicted octanol–water partition coefficient (Wildman–Crippen LogP) is 1.87. The fourth-order valence-corrected chi connectivity index (χ4v) is 2.38. The van der Waals surface area contributed by atoms with Gasteiger partial charge in [0.1, 0.15) is 0 Å². The highest BCUT2D eigenvalue weighted by atomic mass is 16.1. The van der Waals surface area contributed by atoms with Crippen LogP contribution in [0.2, 0.25) is 0 Å². The minimum absolute atomic E-state index is 0.0550. The number of carbonyl (C=O) groups excluding carboxylic acids is 1. The van der Waals surface area contributed by atoms with Gasteiger partial charge in [-0.3, -0.25) is 4.79 Å². The molecule has 100 valence electrons. The topological polar surface area (TPSA) is 55.1 Å². The smallest absolute Gasteiger partial charge is 0.224 e. The molecule has 0 heterocycles. The van der Waals surface area contributed by atoms with Crippen molar-refractivity contribution in [1.82, 2.24) is 5.32 Å². The highest BCUT2D eigenvalue weighted by Gasteiger charge is 2.18. The monoisotopic (exact) mass is 248 g/mol. The molecule has 0 bridgehead atoms. The second kappa shape index (κ2) is 6.55. The third-order valence-electron chi connectivity index (χ3n) is 3.30. The van der Waals surface area contributed by atoms with Gasteiger partial charge in [0.25, 0.3) is 0 Å². The van der Waals surface area contributed by atoms with Gasteiger partial charge in [-0.15, -0.1) is 0 Å². The second-order valence-electron chi connectivity index (χ2n) is 4.91. The van der Waals surface area contributed by atoms with Gasteiger partial charge >= 0.3 is 0 Å². The van der Waals surface area contributed by atoms with E-state index in [9.17, 15) is 4.79 Å². The van der Waals surface area contributed by atoms with E-state index in [4.69, 9.17) is 5.73 Å². The van der Waals surface area contributed by atoms with Crippen LogP contribution in [0.3, 0.4) is 0 Å². The highest BCUT2D eigenvalue weighted by molar-refractivity contribution is 5.79. The van der Waals surface area contributed by atoms with Gasteiger partial charge in [-0.25, -0.2) is 0 Å². The molecule has 1 atom stereocenters. The zero-order chi connectivity index (χ0) is 13.7. The van der Waals surface area contributed by atoms with Crippen molar-refractivity contribution in [2.24, 2.45) is 11.7 Å². The lowest BCUT2D eigenvalue weighted by molar-refractivity contribution is -0.124. The van der Waals surface area contributed by atoms with Crippen LogP contribution < -0.4 is 11.1 Å². The molecule has 0 aliphatic rings. The molecule has 1 amide bonds. The summed E-state index contributed by atoms with van der Waals surface area (Å²) in [6.07, 6.45) is 0.722. The van der Waals surface area contributed by atoms with Crippen molar-refractivity contribution < 1.29 is 4.79 Å². The van der Waals surface area contributed by atoms with E-state index < -0.39 is 0 Å². The van der Waals surface area contributed by atoms with E-state index in [1.807, 2.05) is 6.92 Å². The lowest BCUT2D eigenvalue weighted by atomic mass is 9.91. The zero-order valence-electron chi connectivity index (χ0n) is 11.8. The fourth-order valence-electron chi connectivity index (χ4n) is 2.38. The van der Waals surface area contributed by atoms with Crippen molar-refractivity contribution >= 4 is 5.91 Å². The number of benzene rings is 1. The normalized spacial score (nSPS) is 12.3. The summed E-state index contributed by atoms with van der Waals surface area (Å²) in [4.78, 5) is 11.9. The van der Waals surface area contributed by atoms with Gasteiger partial charge in [0.2, 0.25) is 5.91 Å². The summed E-state index contributed by atoms with van der Waals surface area (Å²) >= 11 is 0. The van der Waals surface area contributed by atoms with Crippen molar-refractivity contribution in [2.45, 2.75) is 34.1 Å². The van der Waals surface area contributed by atoms with E-state index in [0.717, 1.165) is 6.42 Å². The molecule has 0 saturated carbocycles. The summed E-state index contributed by atoms with van der Waals surface area (Å²) < 4.78 is 0. The van der Waals surface area contributed by atoms with Crippen LogP contribution in [0.25, 0.3) is 0 Å². The van der Waals surface area contributed by atoms with Crippen molar-refractivity contribution in [3.63, 3.8) is 0 Å². The standard InChI is InChI=1S/C15H24N2O/c1-5-17-15(18)13(9-16)8-14-11(3)6-10(2)7-12(14)4/h6-7,13H,5,8-9,16H2,1-4H3,(H,17,18). The van der Waals surface area contributed by atoms with Crippen molar-refractivity contribution in [3.8, 4) is 0 Å². The van der Waals surface area contributed by atoms with Crippen LogP contribution >= 0.6 is 0 Å². The first-order chi connectivity index (χ1) is 8.49. The molecule has 1 aromatic rings. The Morgan fingerprint density at radius 3 is 2.28 bits per heavy atom. The van der Waals surface area contributed by atoms with Crippen LogP contribution in [-0.4, -0.2) is 19.0 Å². The first kappa shape index (κ1) is 14.7. The van der Waals surface area contributed by atoms with E-state index in [1.165, 1.54) is 22.3 Å². The van der Waals surface area contributed by atoms with Gasteiger partial charge in [-0.05, 0) is 50.8 Å². The molecule has 0 aromatic heterocycles. The van der Waals surface area contributed by atoms with E-state index in [1.54, 1.807) is 0 Å². The average molecular weight is 248 g/mol.